The van der Waals surface area contributed by atoms with Crippen molar-refractivity contribution in [3.05, 3.63) is 11.9 Å². The van der Waals surface area contributed by atoms with E-state index in [1.807, 2.05) is 0 Å². The average molecular weight is 293 g/mol. The minimum absolute atomic E-state index is 0.116. The molecule has 1 heterocycles. The van der Waals surface area contributed by atoms with Crippen LogP contribution in [-0.4, -0.2) is 24.2 Å². The van der Waals surface area contributed by atoms with Gasteiger partial charge in [-0.3, -0.25) is 0 Å². The summed E-state index contributed by atoms with van der Waals surface area (Å²) in [6.07, 6.45) is 7.53. The highest BCUT2D eigenvalue weighted by Gasteiger charge is 2.42. The molecule has 0 bridgehead atoms. The van der Waals surface area contributed by atoms with Crippen molar-refractivity contribution < 1.29 is 9.47 Å². The van der Waals surface area contributed by atoms with Gasteiger partial charge in [-0.15, -0.1) is 0 Å². The van der Waals surface area contributed by atoms with Crippen LogP contribution in [0.3, 0.4) is 0 Å². The topological polar surface area (TPSA) is 70.3 Å². The molecule has 0 aliphatic heterocycles. The zero-order chi connectivity index (χ0) is 15.5. The number of hydrogen-bond donors (Lipinski definition) is 1. The minimum Gasteiger partial charge on any atom is -0.480 e. The smallest absolute Gasteiger partial charge is 0.240 e. The highest BCUT2D eigenvalue weighted by molar-refractivity contribution is 5.27. The molecule has 5 nitrogen and oxygen atoms in total. The summed E-state index contributed by atoms with van der Waals surface area (Å²) in [7, 11) is 3.17. The lowest BCUT2D eigenvalue weighted by molar-refractivity contribution is 0.176. The van der Waals surface area contributed by atoms with E-state index >= 15 is 0 Å². The number of aromatic nitrogens is 2. The van der Waals surface area contributed by atoms with Crippen molar-refractivity contribution in [3.63, 3.8) is 0 Å². The lowest BCUT2D eigenvalue weighted by atomic mass is 9.72. The van der Waals surface area contributed by atoms with Crippen molar-refractivity contribution >= 4 is 0 Å². The van der Waals surface area contributed by atoms with Crippen molar-refractivity contribution in [1.29, 1.82) is 0 Å². The number of hydrogen-bond acceptors (Lipinski definition) is 5. The molecule has 0 amide bonds. The van der Waals surface area contributed by atoms with Gasteiger partial charge in [0, 0.05) is 0 Å². The molecule has 1 fully saturated rings. The van der Waals surface area contributed by atoms with Gasteiger partial charge in [-0.1, -0.05) is 26.7 Å². The molecule has 0 aromatic carbocycles. The molecule has 0 radical (unpaired) electrons. The number of rotatable bonds is 6. The van der Waals surface area contributed by atoms with Crippen LogP contribution in [0.25, 0.3) is 0 Å². The van der Waals surface area contributed by atoms with Gasteiger partial charge in [0.2, 0.25) is 11.8 Å². The number of nitrogens with two attached hydrogens (primary N) is 1. The van der Waals surface area contributed by atoms with Crippen LogP contribution in [0.5, 0.6) is 11.8 Å². The van der Waals surface area contributed by atoms with Gasteiger partial charge in [-0.25, -0.2) is 4.98 Å². The molecule has 1 unspecified atom stereocenters. The van der Waals surface area contributed by atoms with Gasteiger partial charge in [-0.05, 0) is 30.6 Å². The molecule has 118 valence electrons. The number of ether oxygens (including phenoxy) is 2. The highest BCUT2D eigenvalue weighted by Crippen LogP contribution is 2.51. The molecule has 1 atom stereocenters. The maximum atomic E-state index is 6.63. The first-order valence-electron chi connectivity index (χ1n) is 7.73. The van der Waals surface area contributed by atoms with Crippen LogP contribution >= 0.6 is 0 Å². The summed E-state index contributed by atoms with van der Waals surface area (Å²) in [5, 5.41) is 0. The first-order chi connectivity index (χ1) is 10.0. The normalized spacial score (nSPS) is 18.8. The summed E-state index contributed by atoms with van der Waals surface area (Å²) in [5.74, 6) is 1.55. The van der Waals surface area contributed by atoms with E-state index in [4.69, 9.17) is 15.2 Å². The second-order valence-electron chi connectivity index (χ2n) is 6.45. The monoisotopic (exact) mass is 293 g/mol. The van der Waals surface area contributed by atoms with Gasteiger partial charge in [-0.2, -0.15) is 4.98 Å². The van der Waals surface area contributed by atoms with E-state index < -0.39 is 0 Å². The average Bonchev–Trinajstić information content (AvgIpc) is 2.94. The van der Waals surface area contributed by atoms with Crippen LogP contribution in [0.4, 0.5) is 0 Å². The van der Waals surface area contributed by atoms with Gasteiger partial charge in [0.1, 0.15) is 5.69 Å². The Morgan fingerprint density at radius 1 is 1.24 bits per heavy atom. The fourth-order valence-corrected chi connectivity index (χ4v) is 3.65. The zero-order valence-corrected chi connectivity index (χ0v) is 13.6. The van der Waals surface area contributed by atoms with E-state index in [1.54, 1.807) is 20.4 Å². The van der Waals surface area contributed by atoms with Gasteiger partial charge in [0.05, 0.1) is 26.5 Å². The molecule has 1 aliphatic rings. The molecule has 1 aromatic rings. The molecular formula is C16H27N3O2. The standard InChI is InChI=1S/C16H27N3O2/c1-11(2)9-16(7-5-6-8-16)14(17)13-15(21-4)19-12(20-3)10-18-13/h10-11,14H,5-9,17H2,1-4H3. The number of nitrogens with zero attached hydrogens (tertiary/aromatic N) is 2. The third-order valence-electron chi connectivity index (χ3n) is 4.52. The Bertz CT molecular complexity index is 471. The molecule has 0 saturated heterocycles. The summed E-state index contributed by atoms with van der Waals surface area (Å²) in [4.78, 5) is 8.81. The lowest BCUT2D eigenvalue weighted by Gasteiger charge is -2.36. The predicted molar refractivity (Wildman–Crippen MR) is 82.4 cm³/mol. The summed E-state index contributed by atoms with van der Waals surface area (Å²) in [6, 6.07) is -0.143. The van der Waals surface area contributed by atoms with Crippen LogP contribution < -0.4 is 15.2 Å². The van der Waals surface area contributed by atoms with Gasteiger partial charge < -0.3 is 15.2 Å². The van der Waals surface area contributed by atoms with E-state index in [1.165, 1.54) is 12.8 Å². The Morgan fingerprint density at radius 2 is 1.90 bits per heavy atom. The Morgan fingerprint density at radius 3 is 2.43 bits per heavy atom. The van der Waals surface area contributed by atoms with E-state index in [2.05, 4.69) is 23.8 Å². The van der Waals surface area contributed by atoms with Gasteiger partial charge >= 0.3 is 0 Å². The summed E-state index contributed by atoms with van der Waals surface area (Å²) in [5.41, 5.74) is 7.49. The summed E-state index contributed by atoms with van der Waals surface area (Å²) < 4.78 is 10.5. The van der Waals surface area contributed by atoms with Crippen molar-refractivity contribution in [1.82, 2.24) is 9.97 Å². The fraction of sp³-hybridized carbons (Fsp3) is 0.750. The van der Waals surface area contributed by atoms with Crippen LogP contribution in [0.15, 0.2) is 6.20 Å². The molecule has 2 N–H and O–H groups in total. The maximum absolute atomic E-state index is 6.63. The minimum atomic E-state index is -0.143. The molecule has 21 heavy (non-hydrogen) atoms. The Kier molecular flexibility index (Phi) is 5.04. The molecule has 5 heteroatoms. The number of methoxy groups -OCH3 is 2. The van der Waals surface area contributed by atoms with Crippen LogP contribution in [0.1, 0.15) is 57.7 Å². The van der Waals surface area contributed by atoms with E-state index in [0.29, 0.717) is 17.7 Å². The lowest BCUT2D eigenvalue weighted by Crippen LogP contribution is -2.34. The SMILES string of the molecule is COc1cnc(C(N)C2(CC(C)C)CCCC2)c(OC)n1. The van der Waals surface area contributed by atoms with Crippen LogP contribution in [-0.2, 0) is 0 Å². The molecule has 1 aromatic heterocycles. The summed E-state index contributed by atoms with van der Waals surface area (Å²) >= 11 is 0. The van der Waals surface area contributed by atoms with Gasteiger partial charge in [0.15, 0.2) is 0 Å². The maximum Gasteiger partial charge on any atom is 0.240 e. The second-order valence-corrected chi connectivity index (χ2v) is 6.45. The predicted octanol–water partition coefficient (Wildman–Crippen LogP) is 3.10. The van der Waals surface area contributed by atoms with Crippen LogP contribution in [0, 0.1) is 11.3 Å². The highest BCUT2D eigenvalue weighted by atomic mass is 16.5. The molecular weight excluding hydrogens is 266 g/mol. The van der Waals surface area contributed by atoms with Crippen molar-refractivity contribution in [2.75, 3.05) is 14.2 Å². The largest absolute Gasteiger partial charge is 0.480 e. The summed E-state index contributed by atoms with van der Waals surface area (Å²) in [6.45, 7) is 4.51. The van der Waals surface area contributed by atoms with Crippen LogP contribution in [0.2, 0.25) is 0 Å². The Labute approximate surface area is 127 Å². The zero-order valence-electron chi connectivity index (χ0n) is 13.6. The first kappa shape index (κ1) is 16.0. The Balaban J connectivity index is 2.34. The molecule has 1 aliphatic carbocycles. The third kappa shape index (κ3) is 3.28. The second kappa shape index (κ2) is 6.60. The molecule has 0 spiro atoms. The molecule has 1 saturated carbocycles. The quantitative estimate of drug-likeness (QED) is 0.872. The van der Waals surface area contributed by atoms with Crippen molar-refractivity contribution in [2.24, 2.45) is 17.1 Å². The van der Waals surface area contributed by atoms with Crippen molar-refractivity contribution in [3.8, 4) is 11.8 Å². The van der Waals surface area contributed by atoms with E-state index in [0.717, 1.165) is 25.0 Å². The molecule has 2 rings (SSSR count). The first-order valence-corrected chi connectivity index (χ1v) is 7.73. The van der Waals surface area contributed by atoms with E-state index in [-0.39, 0.29) is 11.5 Å². The van der Waals surface area contributed by atoms with E-state index in [9.17, 15) is 0 Å². The van der Waals surface area contributed by atoms with Gasteiger partial charge in [0.25, 0.3) is 0 Å². The third-order valence-corrected chi connectivity index (χ3v) is 4.52. The van der Waals surface area contributed by atoms with Crippen molar-refractivity contribution in [2.45, 2.75) is 52.0 Å². The fourth-order valence-electron chi connectivity index (χ4n) is 3.65. The Hall–Kier alpha value is -1.36.